The first-order valence-electron chi connectivity index (χ1n) is 8.75. The predicted molar refractivity (Wildman–Crippen MR) is 117 cm³/mol. The zero-order valence-corrected chi connectivity index (χ0v) is 16.9. The third-order valence-corrected chi connectivity index (χ3v) is 5.43. The third kappa shape index (κ3) is 3.22. The van der Waals surface area contributed by atoms with Gasteiger partial charge in [-0.15, -0.1) is 0 Å². The molecule has 3 aromatic rings. The Bertz CT molecular complexity index is 1060. The van der Waals surface area contributed by atoms with Gasteiger partial charge in [0.2, 0.25) is 0 Å². The lowest BCUT2D eigenvalue weighted by molar-refractivity contribution is -0.132. The molecule has 1 heterocycles. The number of amides is 1. The maximum atomic E-state index is 12.9. The van der Waals surface area contributed by atoms with Crippen LogP contribution in [0.15, 0.2) is 90.5 Å². The molecule has 0 radical (unpaired) electrons. The van der Waals surface area contributed by atoms with Crippen molar-refractivity contribution in [2.24, 2.45) is 0 Å². The Labute approximate surface area is 176 Å². The minimum Gasteiger partial charge on any atom is -0.507 e. The molecule has 5 heteroatoms. The van der Waals surface area contributed by atoms with E-state index in [4.69, 9.17) is 0 Å². The number of ketones is 1. The second-order valence-electron chi connectivity index (χ2n) is 6.42. The van der Waals surface area contributed by atoms with Gasteiger partial charge >= 0.3 is 0 Å². The zero-order chi connectivity index (χ0) is 19.7. The standard InChI is InChI=1S/C23H16INO3/c24-17-11-13-18(14-12-17)25-20(15-7-3-1-4-8-15)19(22(27)23(25)28)21(26)16-9-5-2-6-10-16/h1-14,20,26H/b21-19-/t20-/m1/s1. The highest BCUT2D eigenvalue weighted by Crippen LogP contribution is 2.42. The first-order valence-corrected chi connectivity index (χ1v) is 9.83. The van der Waals surface area contributed by atoms with Gasteiger partial charge in [0.1, 0.15) is 5.76 Å². The fourth-order valence-corrected chi connectivity index (χ4v) is 3.76. The molecule has 4 nitrogen and oxygen atoms in total. The molecular weight excluding hydrogens is 465 g/mol. The average Bonchev–Trinajstić information content (AvgIpc) is 3.00. The molecule has 0 unspecified atom stereocenters. The number of hydrogen-bond acceptors (Lipinski definition) is 3. The van der Waals surface area contributed by atoms with Crippen molar-refractivity contribution in [2.75, 3.05) is 4.90 Å². The predicted octanol–water partition coefficient (Wildman–Crippen LogP) is 4.92. The van der Waals surface area contributed by atoms with E-state index in [0.29, 0.717) is 11.3 Å². The molecule has 1 atom stereocenters. The smallest absolute Gasteiger partial charge is 0.300 e. The van der Waals surface area contributed by atoms with Crippen molar-refractivity contribution in [3.8, 4) is 0 Å². The van der Waals surface area contributed by atoms with Crippen molar-refractivity contribution in [1.29, 1.82) is 0 Å². The van der Waals surface area contributed by atoms with E-state index in [1.807, 2.05) is 60.7 Å². The molecule has 1 fully saturated rings. The Morgan fingerprint density at radius 3 is 2.00 bits per heavy atom. The van der Waals surface area contributed by atoms with Crippen molar-refractivity contribution in [1.82, 2.24) is 0 Å². The molecule has 0 aliphatic carbocycles. The molecule has 3 aromatic carbocycles. The van der Waals surface area contributed by atoms with E-state index >= 15 is 0 Å². The van der Waals surface area contributed by atoms with E-state index in [9.17, 15) is 14.7 Å². The Morgan fingerprint density at radius 2 is 1.39 bits per heavy atom. The van der Waals surface area contributed by atoms with E-state index < -0.39 is 17.7 Å². The summed E-state index contributed by atoms with van der Waals surface area (Å²) in [5.74, 6) is -1.50. The van der Waals surface area contributed by atoms with Crippen LogP contribution in [0.4, 0.5) is 5.69 Å². The maximum Gasteiger partial charge on any atom is 0.300 e. The Balaban J connectivity index is 1.94. The van der Waals surface area contributed by atoms with Crippen LogP contribution >= 0.6 is 22.6 Å². The van der Waals surface area contributed by atoms with Gasteiger partial charge in [0.05, 0.1) is 11.6 Å². The summed E-state index contributed by atoms with van der Waals surface area (Å²) < 4.78 is 1.03. The number of nitrogens with zero attached hydrogens (tertiary/aromatic N) is 1. The summed E-state index contributed by atoms with van der Waals surface area (Å²) >= 11 is 2.19. The van der Waals surface area contributed by atoms with Crippen molar-refractivity contribution in [3.05, 3.63) is 105 Å². The summed E-state index contributed by atoms with van der Waals surface area (Å²) in [6, 6.07) is 24.8. The van der Waals surface area contributed by atoms with Crippen LogP contribution in [0.3, 0.4) is 0 Å². The Morgan fingerprint density at radius 1 is 0.821 bits per heavy atom. The fraction of sp³-hybridized carbons (Fsp3) is 0.0435. The molecule has 0 saturated carbocycles. The van der Waals surface area contributed by atoms with Crippen LogP contribution in [0.25, 0.3) is 5.76 Å². The molecule has 28 heavy (non-hydrogen) atoms. The lowest BCUT2D eigenvalue weighted by Crippen LogP contribution is -2.29. The van der Waals surface area contributed by atoms with Gasteiger partial charge in [-0.05, 0) is 52.4 Å². The monoisotopic (exact) mass is 481 g/mol. The second kappa shape index (κ2) is 7.59. The lowest BCUT2D eigenvalue weighted by Gasteiger charge is -2.25. The number of hydrogen-bond donors (Lipinski definition) is 1. The van der Waals surface area contributed by atoms with Gasteiger partial charge < -0.3 is 5.11 Å². The molecule has 0 bridgehead atoms. The molecule has 0 spiro atoms. The van der Waals surface area contributed by atoms with E-state index in [2.05, 4.69) is 22.6 Å². The van der Waals surface area contributed by atoms with E-state index in [-0.39, 0.29) is 11.3 Å². The lowest BCUT2D eigenvalue weighted by atomic mass is 9.95. The van der Waals surface area contributed by atoms with Crippen LogP contribution in [0.2, 0.25) is 0 Å². The van der Waals surface area contributed by atoms with Crippen LogP contribution in [-0.2, 0) is 9.59 Å². The van der Waals surface area contributed by atoms with Crippen LogP contribution in [-0.4, -0.2) is 16.8 Å². The van der Waals surface area contributed by atoms with E-state index in [0.717, 1.165) is 9.13 Å². The largest absolute Gasteiger partial charge is 0.507 e. The molecule has 1 amide bonds. The molecular formula is C23H16INO3. The molecule has 0 aromatic heterocycles. The summed E-state index contributed by atoms with van der Waals surface area (Å²) in [5, 5.41) is 10.9. The molecule has 1 saturated heterocycles. The van der Waals surface area contributed by atoms with Crippen LogP contribution in [0.1, 0.15) is 17.2 Å². The van der Waals surface area contributed by atoms with E-state index in [1.165, 1.54) is 4.90 Å². The van der Waals surface area contributed by atoms with Crippen molar-refractivity contribution in [2.45, 2.75) is 6.04 Å². The minimum absolute atomic E-state index is 0.0981. The van der Waals surface area contributed by atoms with Crippen molar-refractivity contribution >= 4 is 45.7 Å². The highest BCUT2D eigenvalue weighted by molar-refractivity contribution is 14.1. The van der Waals surface area contributed by atoms with Crippen molar-refractivity contribution < 1.29 is 14.7 Å². The number of anilines is 1. The molecule has 1 N–H and O–H groups in total. The van der Waals surface area contributed by atoms with Gasteiger partial charge in [0, 0.05) is 14.8 Å². The molecule has 4 rings (SSSR count). The number of halogens is 1. The van der Waals surface area contributed by atoms with Crippen LogP contribution < -0.4 is 4.90 Å². The Hall–Kier alpha value is -2.93. The van der Waals surface area contributed by atoms with Crippen LogP contribution in [0, 0.1) is 3.57 Å². The van der Waals surface area contributed by atoms with Gasteiger partial charge in [-0.25, -0.2) is 0 Å². The third-order valence-electron chi connectivity index (χ3n) is 4.71. The average molecular weight is 481 g/mol. The van der Waals surface area contributed by atoms with Gasteiger partial charge in [0.25, 0.3) is 11.7 Å². The first-order chi connectivity index (χ1) is 13.6. The SMILES string of the molecule is O=C1C(=O)N(c2ccc(I)cc2)[C@H](c2ccccc2)/C1=C(/O)c1ccccc1. The summed E-state index contributed by atoms with van der Waals surface area (Å²) in [7, 11) is 0. The fourth-order valence-electron chi connectivity index (χ4n) is 3.40. The number of aliphatic hydroxyl groups is 1. The minimum atomic E-state index is -0.693. The summed E-state index contributed by atoms with van der Waals surface area (Å²) in [6.07, 6.45) is 0. The van der Waals surface area contributed by atoms with Crippen LogP contribution in [0.5, 0.6) is 0 Å². The van der Waals surface area contributed by atoms with Gasteiger partial charge in [-0.2, -0.15) is 0 Å². The number of carbonyl (C=O) groups is 2. The normalized spacial score (nSPS) is 18.5. The number of aliphatic hydroxyl groups excluding tert-OH is 1. The summed E-state index contributed by atoms with van der Waals surface area (Å²) in [5.41, 5.74) is 1.98. The van der Waals surface area contributed by atoms with Crippen molar-refractivity contribution in [3.63, 3.8) is 0 Å². The van der Waals surface area contributed by atoms with Gasteiger partial charge in [-0.1, -0.05) is 60.7 Å². The van der Waals surface area contributed by atoms with E-state index in [1.54, 1.807) is 24.3 Å². The molecule has 1 aliphatic heterocycles. The second-order valence-corrected chi connectivity index (χ2v) is 7.67. The Kier molecular flexibility index (Phi) is 5.00. The molecule has 138 valence electrons. The van der Waals surface area contributed by atoms with Gasteiger partial charge in [0.15, 0.2) is 0 Å². The number of benzene rings is 3. The zero-order valence-electron chi connectivity index (χ0n) is 14.7. The van der Waals surface area contributed by atoms with Gasteiger partial charge in [-0.3, -0.25) is 14.5 Å². The number of rotatable bonds is 3. The highest BCUT2D eigenvalue weighted by atomic mass is 127. The number of carbonyl (C=O) groups excluding carboxylic acids is 2. The first kappa shape index (κ1) is 18.4. The highest BCUT2D eigenvalue weighted by Gasteiger charge is 2.46. The molecule has 1 aliphatic rings. The summed E-state index contributed by atoms with van der Waals surface area (Å²) in [4.78, 5) is 27.4. The quantitative estimate of drug-likeness (QED) is 0.250. The number of Topliss-reactive ketones (excluding diaryl/α,β-unsaturated/α-hetero) is 1. The maximum absolute atomic E-state index is 12.9. The summed E-state index contributed by atoms with van der Waals surface area (Å²) in [6.45, 7) is 0. The topological polar surface area (TPSA) is 57.6 Å².